The lowest BCUT2D eigenvalue weighted by Gasteiger charge is -2.29. The molecule has 0 heterocycles. The van der Waals surface area contributed by atoms with Crippen molar-refractivity contribution in [2.75, 3.05) is 40.9 Å². The maximum absolute atomic E-state index is 12.3. The Labute approximate surface area is 264 Å². The fraction of sp³-hybridized carbons (Fsp3) is 0.853. The van der Waals surface area contributed by atoms with Crippen LogP contribution in [-0.4, -0.2) is 68.5 Å². The van der Waals surface area contributed by atoms with Crippen LogP contribution in [0.2, 0.25) is 0 Å². The molecule has 1 amide bonds. The van der Waals surface area contributed by atoms with Crippen LogP contribution in [0, 0.1) is 0 Å². The lowest BCUT2D eigenvalue weighted by Crippen LogP contribution is -2.45. The van der Waals surface area contributed by atoms with Gasteiger partial charge in [0.15, 0.2) is 0 Å². The van der Waals surface area contributed by atoms with Gasteiger partial charge in [0.2, 0.25) is 5.91 Å². The molecule has 0 spiro atoms. The van der Waals surface area contributed by atoms with Crippen LogP contribution in [-0.2, 0) is 18.4 Å². The molecule has 43 heavy (non-hydrogen) atoms. The first kappa shape index (κ1) is 42.0. The molecule has 0 aliphatic heterocycles. The van der Waals surface area contributed by atoms with E-state index in [2.05, 4.69) is 24.4 Å². The Balaban J connectivity index is 4.24. The number of nitrogens with one attached hydrogen (secondary N) is 1. The molecule has 2 N–H and O–H groups in total. The number of unbranched alkanes of at least 4 members (excludes halogenated alkanes) is 15. The molecule has 0 aromatic heterocycles. The molecular formula is C34H67N2O6P. The van der Waals surface area contributed by atoms with Crippen molar-refractivity contribution in [3.8, 4) is 0 Å². The maximum atomic E-state index is 12.3. The average Bonchev–Trinajstić information content (AvgIpc) is 2.94. The Morgan fingerprint density at radius 1 is 0.791 bits per heavy atom. The zero-order valence-electron chi connectivity index (χ0n) is 28.4. The van der Waals surface area contributed by atoms with Gasteiger partial charge in [-0.25, -0.2) is 0 Å². The van der Waals surface area contributed by atoms with Crippen molar-refractivity contribution in [2.24, 2.45) is 0 Å². The molecule has 0 saturated carbocycles. The van der Waals surface area contributed by atoms with E-state index in [9.17, 15) is 19.4 Å². The lowest BCUT2D eigenvalue weighted by atomic mass is 10.0. The summed E-state index contributed by atoms with van der Waals surface area (Å²) in [5.41, 5.74) is 0. The lowest BCUT2D eigenvalue weighted by molar-refractivity contribution is -0.870. The third-order valence-electron chi connectivity index (χ3n) is 7.41. The topological polar surface area (TPSA) is 108 Å². The predicted molar refractivity (Wildman–Crippen MR) is 178 cm³/mol. The first-order chi connectivity index (χ1) is 20.5. The zero-order chi connectivity index (χ0) is 32.2. The van der Waals surface area contributed by atoms with E-state index in [1.54, 1.807) is 6.08 Å². The third-order valence-corrected chi connectivity index (χ3v) is 8.38. The summed E-state index contributed by atoms with van der Waals surface area (Å²) in [6.07, 6.45) is 29.1. The van der Waals surface area contributed by atoms with Crippen LogP contribution in [0.3, 0.4) is 0 Å². The van der Waals surface area contributed by atoms with Crippen LogP contribution in [0.15, 0.2) is 24.3 Å². The van der Waals surface area contributed by atoms with Crippen molar-refractivity contribution < 1.29 is 32.9 Å². The number of quaternary nitrogens is 1. The number of amides is 1. The number of rotatable bonds is 30. The second-order valence-corrected chi connectivity index (χ2v) is 14.3. The van der Waals surface area contributed by atoms with Gasteiger partial charge in [-0.05, 0) is 32.1 Å². The molecule has 0 radical (unpaired) electrons. The Kier molecular flexibility index (Phi) is 26.7. The zero-order valence-corrected chi connectivity index (χ0v) is 29.3. The summed E-state index contributed by atoms with van der Waals surface area (Å²) in [7, 11) is 1.23. The van der Waals surface area contributed by atoms with E-state index in [0.29, 0.717) is 23.9 Å². The van der Waals surface area contributed by atoms with Crippen LogP contribution < -0.4 is 10.2 Å². The van der Waals surface area contributed by atoms with Gasteiger partial charge in [0, 0.05) is 6.42 Å². The van der Waals surface area contributed by atoms with Gasteiger partial charge in [-0.15, -0.1) is 0 Å². The molecule has 3 atom stereocenters. The third kappa shape index (κ3) is 29.5. The molecule has 0 saturated heterocycles. The minimum Gasteiger partial charge on any atom is -0.756 e. The van der Waals surface area contributed by atoms with Crippen LogP contribution in [0.1, 0.15) is 136 Å². The van der Waals surface area contributed by atoms with Crippen LogP contribution in [0.4, 0.5) is 0 Å². The van der Waals surface area contributed by atoms with Crippen LogP contribution in [0.5, 0.6) is 0 Å². The van der Waals surface area contributed by atoms with Crippen molar-refractivity contribution >= 4 is 13.7 Å². The molecule has 254 valence electrons. The average molecular weight is 631 g/mol. The number of phosphoric ester groups is 1. The van der Waals surface area contributed by atoms with E-state index in [1.807, 2.05) is 34.1 Å². The molecule has 0 rings (SSSR count). The molecule has 0 bridgehead atoms. The number of allylic oxidation sites excluding steroid dienone is 3. The molecule has 3 unspecified atom stereocenters. The number of aliphatic hydroxyl groups is 1. The minimum atomic E-state index is -4.56. The standard InChI is InChI=1S/C34H67N2O6P/c1-6-8-10-11-12-13-14-15-16-17-18-19-20-21-22-23-24-25-26-27-33(37)32(35-34(38)28-9-7-2)31-42-43(39,40)41-30-29-36(3,4)5/h22-23,26-27,32-33,37H,6-21,24-25,28-31H2,1-5H3,(H-,35,38,39,40)/b23-22+,27-26+. The Hall–Kier alpha value is -1.02. The van der Waals surface area contributed by atoms with Gasteiger partial charge >= 0.3 is 0 Å². The van der Waals surface area contributed by atoms with E-state index in [1.165, 1.54) is 83.5 Å². The number of carbonyl (C=O) groups excluding carboxylic acids is 1. The normalized spacial score (nSPS) is 15.2. The first-order valence-corrected chi connectivity index (χ1v) is 18.7. The summed E-state index contributed by atoms with van der Waals surface area (Å²) in [5, 5.41) is 13.4. The number of hydrogen-bond donors (Lipinski definition) is 2. The van der Waals surface area contributed by atoms with Crippen molar-refractivity contribution in [3.05, 3.63) is 24.3 Å². The fourth-order valence-corrected chi connectivity index (χ4v) is 5.28. The highest BCUT2D eigenvalue weighted by atomic mass is 31.2. The SMILES string of the molecule is CCCCCCCCCCCCCCC/C=C/CC/C=C/C(O)C(COP(=O)([O-])OCC[N+](C)(C)C)NC(=O)CCCC. The Morgan fingerprint density at radius 3 is 1.86 bits per heavy atom. The highest BCUT2D eigenvalue weighted by Crippen LogP contribution is 2.38. The van der Waals surface area contributed by atoms with Crippen LogP contribution in [0.25, 0.3) is 0 Å². The van der Waals surface area contributed by atoms with E-state index in [0.717, 1.165) is 25.7 Å². The number of hydrogen-bond acceptors (Lipinski definition) is 6. The van der Waals surface area contributed by atoms with Crippen molar-refractivity contribution in [1.29, 1.82) is 0 Å². The Bertz CT molecular complexity index is 768. The van der Waals surface area contributed by atoms with Gasteiger partial charge in [0.1, 0.15) is 13.2 Å². The summed E-state index contributed by atoms with van der Waals surface area (Å²) in [6, 6.07) is -0.893. The van der Waals surface area contributed by atoms with Crippen molar-refractivity contribution in [3.63, 3.8) is 0 Å². The van der Waals surface area contributed by atoms with Gasteiger partial charge in [-0.3, -0.25) is 9.36 Å². The molecule has 8 nitrogen and oxygen atoms in total. The van der Waals surface area contributed by atoms with Crippen molar-refractivity contribution in [1.82, 2.24) is 5.32 Å². The highest BCUT2D eigenvalue weighted by Gasteiger charge is 2.23. The Morgan fingerprint density at radius 2 is 1.30 bits per heavy atom. The second kappa shape index (κ2) is 27.3. The monoisotopic (exact) mass is 630 g/mol. The summed E-state index contributed by atoms with van der Waals surface area (Å²) in [4.78, 5) is 24.5. The summed E-state index contributed by atoms with van der Waals surface area (Å²) >= 11 is 0. The van der Waals surface area contributed by atoms with Gasteiger partial charge < -0.3 is 28.8 Å². The molecule has 9 heteroatoms. The number of aliphatic hydroxyl groups excluding tert-OH is 1. The number of carbonyl (C=O) groups is 1. The van der Waals surface area contributed by atoms with Gasteiger partial charge in [0.25, 0.3) is 7.82 Å². The largest absolute Gasteiger partial charge is 0.756 e. The molecular weight excluding hydrogens is 563 g/mol. The maximum Gasteiger partial charge on any atom is 0.268 e. The number of phosphoric acid groups is 1. The molecule has 0 aromatic carbocycles. The first-order valence-electron chi connectivity index (χ1n) is 17.2. The fourth-order valence-electron chi connectivity index (χ4n) is 4.56. The second-order valence-electron chi connectivity index (χ2n) is 12.9. The van der Waals surface area contributed by atoms with Crippen molar-refractivity contribution in [2.45, 2.75) is 148 Å². The summed E-state index contributed by atoms with van der Waals surface area (Å²) < 4.78 is 22.7. The number of likely N-dealkylation sites (N-methyl/N-ethyl adjacent to an activating group) is 1. The van der Waals surface area contributed by atoms with E-state index in [-0.39, 0.29) is 12.5 Å². The predicted octanol–water partition coefficient (Wildman–Crippen LogP) is 7.60. The van der Waals surface area contributed by atoms with Gasteiger partial charge in [-0.2, -0.15) is 0 Å². The molecule has 0 fully saturated rings. The quantitative estimate of drug-likeness (QED) is 0.0366. The van der Waals surface area contributed by atoms with E-state index >= 15 is 0 Å². The molecule has 0 aliphatic carbocycles. The van der Waals surface area contributed by atoms with Crippen LogP contribution >= 0.6 is 7.82 Å². The molecule has 0 aliphatic rings. The minimum absolute atomic E-state index is 0.00681. The summed E-state index contributed by atoms with van der Waals surface area (Å²) in [6.45, 7) is 4.35. The van der Waals surface area contributed by atoms with E-state index < -0.39 is 26.6 Å². The number of nitrogens with zero attached hydrogens (tertiary/aromatic N) is 1. The van der Waals surface area contributed by atoms with E-state index in [4.69, 9.17) is 9.05 Å². The van der Waals surface area contributed by atoms with Gasteiger partial charge in [-0.1, -0.05) is 122 Å². The smallest absolute Gasteiger partial charge is 0.268 e. The summed E-state index contributed by atoms with van der Waals surface area (Å²) in [5.74, 6) is -0.245. The van der Waals surface area contributed by atoms with Gasteiger partial charge in [0.05, 0.1) is 39.9 Å². The highest BCUT2D eigenvalue weighted by molar-refractivity contribution is 7.45. The molecule has 0 aromatic rings.